The molecule has 5 heterocycles. The number of rotatable bonds is 7. The lowest BCUT2D eigenvalue weighted by atomic mass is 10.1. The zero-order valence-corrected chi connectivity index (χ0v) is 23.6. The number of nitrogens with zero attached hydrogens (tertiary/aromatic N) is 4. The van der Waals surface area contributed by atoms with E-state index in [-0.39, 0.29) is 17.4 Å². The van der Waals surface area contributed by atoms with Crippen LogP contribution in [0.3, 0.4) is 0 Å². The number of carbonyl (C=O) groups is 1. The number of ether oxygens (including phenoxy) is 1. The molecule has 0 saturated carbocycles. The first-order valence-corrected chi connectivity index (χ1v) is 14.3. The Kier molecular flexibility index (Phi) is 10.3. The number of fused-ring (bicyclic) bond motifs is 2. The second kappa shape index (κ2) is 13.9. The number of aromatic amines is 1. The molecule has 236 valence electrons. The zero-order valence-electron chi connectivity index (χ0n) is 22.7. The third kappa shape index (κ3) is 7.95. The molecule has 1 fully saturated rings. The van der Waals surface area contributed by atoms with Crippen LogP contribution >= 0.6 is 7.82 Å². The van der Waals surface area contributed by atoms with Crippen molar-refractivity contribution in [1.29, 1.82) is 0 Å². The van der Waals surface area contributed by atoms with Crippen LogP contribution in [0, 0.1) is 0 Å². The number of imidazole rings is 1. The smallest absolute Gasteiger partial charge is 0.469 e. The Morgan fingerprint density at radius 1 is 1.14 bits per heavy atom. The predicted octanol–water partition coefficient (Wildman–Crippen LogP) is 0.245. The van der Waals surface area contributed by atoms with E-state index >= 15 is 0 Å². The molecule has 1 aliphatic rings. The average molecular weight is 636 g/mol. The molecule has 11 N–H and O–H groups in total. The number of carboxylic acid groups (broad SMARTS) is 1. The molecule has 6 rings (SSSR count). The number of aromatic nitrogens is 5. The van der Waals surface area contributed by atoms with E-state index in [1.165, 1.54) is 29.6 Å². The molecule has 0 amide bonds. The van der Waals surface area contributed by atoms with Gasteiger partial charge in [-0.2, -0.15) is 0 Å². The van der Waals surface area contributed by atoms with E-state index in [0.717, 1.165) is 16.5 Å². The fourth-order valence-corrected chi connectivity index (χ4v) is 4.56. The van der Waals surface area contributed by atoms with Gasteiger partial charge in [0.1, 0.15) is 36.2 Å². The summed E-state index contributed by atoms with van der Waals surface area (Å²) in [5.74, 6) is -0.863. The van der Waals surface area contributed by atoms with Crippen molar-refractivity contribution in [1.82, 2.24) is 24.5 Å². The number of aromatic hydroxyl groups is 1. The standard InChI is InChI=1S/C11H12N2O2.C10H14N5O7P.C4H4O2/c12-9(11(14)15)5-7-6-13-10-4-2-1-3-8(7)10;11-8-5-9(13-2-12-8)15(3-14-5)10-7(17)6(16)4(22-10)1-21-23(18,19)20;5-4-2-1-3-6-4/h1-4,6,9,13H,5,12H2,(H,14,15);2-4,6-7,10,16-17H,1H2,(H2,11,12,13)(H2,18,19,20);1-3,5H/t;4-,6-,7-,10-;/m.1./s1. The molecule has 5 atom stereocenters. The lowest BCUT2D eigenvalue weighted by Crippen LogP contribution is -2.33. The number of nitrogen functional groups attached to an aromatic ring is 1. The molecule has 0 bridgehead atoms. The van der Waals surface area contributed by atoms with Crippen molar-refractivity contribution >= 4 is 41.7 Å². The summed E-state index contributed by atoms with van der Waals surface area (Å²) in [4.78, 5) is 42.9. The van der Waals surface area contributed by atoms with Crippen LogP contribution in [0.1, 0.15) is 11.8 Å². The first-order valence-electron chi connectivity index (χ1n) is 12.8. The van der Waals surface area contributed by atoms with E-state index in [1.54, 1.807) is 6.07 Å². The van der Waals surface area contributed by atoms with Gasteiger partial charge in [0.25, 0.3) is 5.95 Å². The van der Waals surface area contributed by atoms with Crippen LogP contribution in [0.4, 0.5) is 5.82 Å². The Labute approximate surface area is 247 Å². The number of aliphatic carboxylic acids is 1. The molecular weight excluding hydrogens is 605 g/mol. The van der Waals surface area contributed by atoms with E-state index < -0.39 is 51.0 Å². The summed E-state index contributed by atoms with van der Waals surface area (Å²) in [6, 6.07) is 10.0. The molecule has 1 aromatic carbocycles. The van der Waals surface area contributed by atoms with Gasteiger partial charge in [-0.05, 0) is 17.7 Å². The normalized spacial score (nSPS) is 20.5. The minimum absolute atomic E-state index is 0.0324. The molecule has 4 aromatic heterocycles. The van der Waals surface area contributed by atoms with E-state index in [0.29, 0.717) is 11.9 Å². The largest absolute Gasteiger partial charge is 0.481 e. The van der Waals surface area contributed by atoms with Crippen LogP contribution in [0.2, 0.25) is 0 Å². The molecule has 1 unspecified atom stereocenters. The molecule has 1 saturated heterocycles. The van der Waals surface area contributed by atoms with Crippen molar-refractivity contribution in [3.8, 4) is 5.95 Å². The highest BCUT2D eigenvalue weighted by molar-refractivity contribution is 7.46. The number of furan rings is 1. The highest BCUT2D eigenvalue weighted by Crippen LogP contribution is 2.38. The molecule has 1 aliphatic heterocycles. The van der Waals surface area contributed by atoms with Crippen molar-refractivity contribution in [2.45, 2.75) is 37.0 Å². The maximum Gasteiger partial charge on any atom is 0.469 e. The van der Waals surface area contributed by atoms with Crippen molar-refractivity contribution < 1.29 is 53.3 Å². The van der Waals surface area contributed by atoms with Crippen LogP contribution in [-0.4, -0.2) is 91.6 Å². The molecule has 0 radical (unpaired) electrons. The maximum absolute atomic E-state index is 10.7. The Balaban J connectivity index is 0.000000179. The van der Waals surface area contributed by atoms with Gasteiger partial charge in [0, 0.05) is 29.6 Å². The Morgan fingerprint density at radius 3 is 2.52 bits per heavy atom. The molecule has 44 heavy (non-hydrogen) atoms. The molecule has 5 aromatic rings. The Morgan fingerprint density at radius 2 is 1.89 bits per heavy atom. The van der Waals surface area contributed by atoms with Crippen molar-refractivity contribution in [3.05, 3.63) is 67.1 Å². The van der Waals surface area contributed by atoms with E-state index in [1.807, 2.05) is 30.5 Å². The number of phosphoric ester groups is 1. The number of para-hydroxylation sites is 1. The number of hydrogen-bond donors (Lipinski definition) is 9. The number of nitrogens with two attached hydrogens (primary N) is 2. The number of aliphatic hydroxyl groups is 2. The van der Waals surface area contributed by atoms with E-state index in [2.05, 4.69) is 28.9 Å². The monoisotopic (exact) mass is 635 g/mol. The van der Waals surface area contributed by atoms with Gasteiger partial charge in [0.15, 0.2) is 17.7 Å². The third-order valence-electron chi connectivity index (χ3n) is 6.34. The summed E-state index contributed by atoms with van der Waals surface area (Å²) in [5, 5.41) is 38.1. The van der Waals surface area contributed by atoms with E-state index in [9.17, 15) is 19.6 Å². The number of carboxylic acids is 1. The molecule has 0 aliphatic carbocycles. The van der Waals surface area contributed by atoms with Crippen LogP contribution < -0.4 is 11.5 Å². The number of nitrogens with one attached hydrogen (secondary N) is 1. The van der Waals surface area contributed by atoms with Crippen LogP contribution in [0.5, 0.6) is 5.95 Å². The fraction of sp³-hybridized carbons (Fsp3) is 0.280. The van der Waals surface area contributed by atoms with Gasteiger partial charge < -0.3 is 55.8 Å². The van der Waals surface area contributed by atoms with Gasteiger partial charge >= 0.3 is 13.8 Å². The summed E-state index contributed by atoms with van der Waals surface area (Å²) in [5.41, 5.74) is 13.7. The Hall–Kier alpha value is -4.39. The van der Waals surface area contributed by atoms with Gasteiger partial charge in [-0.3, -0.25) is 13.9 Å². The summed E-state index contributed by atoms with van der Waals surface area (Å²) in [6.07, 6.45) is 1.08. The predicted molar refractivity (Wildman–Crippen MR) is 152 cm³/mol. The van der Waals surface area contributed by atoms with Gasteiger partial charge in [0.2, 0.25) is 0 Å². The topological polar surface area (TPSA) is 299 Å². The lowest BCUT2D eigenvalue weighted by Gasteiger charge is -2.16. The van der Waals surface area contributed by atoms with Crippen molar-refractivity contribution in [2.75, 3.05) is 12.3 Å². The van der Waals surface area contributed by atoms with Gasteiger partial charge in [-0.25, -0.2) is 19.5 Å². The quantitative estimate of drug-likeness (QED) is 0.108. The summed E-state index contributed by atoms with van der Waals surface area (Å²) in [7, 11) is -4.72. The summed E-state index contributed by atoms with van der Waals surface area (Å²) in [6.45, 7) is -0.594. The molecule has 18 nitrogen and oxygen atoms in total. The van der Waals surface area contributed by atoms with Crippen LogP contribution in [0.15, 0.2) is 65.9 Å². The third-order valence-corrected chi connectivity index (χ3v) is 6.83. The number of hydrogen-bond acceptors (Lipinski definition) is 13. The summed E-state index contributed by atoms with van der Waals surface area (Å²) < 4.78 is 26.2. The number of aliphatic hydroxyl groups excluding tert-OH is 2. The average Bonchev–Trinajstić information content (AvgIpc) is 3.77. The van der Waals surface area contributed by atoms with Crippen molar-refractivity contribution in [3.63, 3.8) is 0 Å². The van der Waals surface area contributed by atoms with Gasteiger partial charge in [0.05, 0.1) is 19.2 Å². The van der Waals surface area contributed by atoms with Gasteiger partial charge in [-0.15, -0.1) is 0 Å². The molecule has 19 heteroatoms. The second-order valence-corrected chi connectivity index (χ2v) is 10.6. The molecular formula is C25H30N7O11P. The SMILES string of the molecule is NC(Cc1c[nH]c2ccccc12)C(=O)O.Nc1ncnc2c1ncn2[C@@H]1O[C@H](COP(=O)(O)O)[C@@H](O)[C@H]1O.Oc1ccco1. The highest BCUT2D eigenvalue weighted by Gasteiger charge is 2.45. The maximum atomic E-state index is 10.7. The first kappa shape index (κ1) is 32.5. The number of anilines is 1. The summed E-state index contributed by atoms with van der Waals surface area (Å²) >= 11 is 0. The van der Waals surface area contributed by atoms with Gasteiger partial charge in [-0.1, -0.05) is 18.2 Å². The number of benzene rings is 1. The second-order valence-electron chi connectivity index (χ2n) is 9.38. The fourth-order valence-electron chi connectivity index (χ4n) is 4.22. The minimum Gasteiger partial charge on any atom is -0.481 e. The van der Waals surface area contributed by atoms with Crippen LogP contribution in [-0.2, 0) is 25.0 Å². The highest BCUT2D eigenvalue weighted by atomic mass is 31.2. The Bertz CT molecular complexity index is 1720. The number of H-pyrrole nitrogens is 1. The number of phosphoric acid groups is 1. The van der Waals surface area contributed by atoms with Crippen LogP contribution in [0.25, 0.3) is 22.1 Å². The van der Waals surface area contributed by atoms with Crippen molar-refractivity contribution in [2.24, 2.45) is 5.73 Å². The lowest BCUT2D eigenvalue weighted by molar-refractivity contribution is -0.138. The van der Waals surface area contributed by atoms with E-state index in [4.69, 9.17) is 36.2 Å². The first-order chi connectivity index (χ1) is 20.9. The minimum atomic E-state index is -4.72. The molecule has 0 spiro atoms. The zero-order chi connectivity index (χ0) is 32.0.